The lowest BCUT2D eigenvalue weighted by molar-refractivity contribution is 0.773. The molecule has 0 aromatic carbocycles. The maximum Gasteiger partial charge on any atom is 0.136 e. The summed E-state index contributed by atoms with van der Waals surface area (Å²) < 4.78 is 0. The number of thiocarbonyl (C=S) groups is 1. The summed E-state index contributed by atoms with van der Waals surface area (Å²) in [4.78, 5) is 4.67. The van der Waals surface area contributed by atoms with E-state index in [2.05, 4.69) is 17.2 Å². The molecule has 0 radical (unpaired) electrons. The third kappa shape index (κ3) is 2.26. The number of aromatic nitrogens is 1. The molecule has 1 fully saturated rings. The van der Waals surface area contributed by atoms with Gasteiger partial charge < -0.3 is 11.1 Å². The van der Waals surface area contributed by atoms with Crippen LogP contribution in [0.5, 0.6) is 0 Å². The highest BCUT2D eigenvalue weighted by atomic mass is 32.1. The van der Waals surface area contributed by atoms with Crippen molar-refractivity contribution in [2.75, 3.05) is 5.32 Å². The van der Waals surface area contributed by atoms with E-state index in [4.69, 9.17) is 18.0 Å². The molecule has 1 saturated carbocycles. The van der Waals surface area contributed by atoms with E-state index in [0.29, 0.717) is 11.0 Å². The molecule has 0 spiro atoms. The standard InChI is InChI=1S/C11H15N3S/c1-2-7-6-9(7)14-11-8(10(12)15)4-3-5-13-11/h3-5,7,9H,2,6H2,1H3,(H2,12,15)(H,13,14). The second kappa shape index (κ2) is 4.14. The van der Waals surface area contributed by atoms with Gasteiger partial charge in [0, 0.05) is 12.2 Å². The zero-order chi connectivity index (χ0) is 10.8. The summed E-state index contributed by atoms with van der Waals surface area (Å²) >= 11 is 4.98. The molecule has 0 aliphatic heterocycles. The van der Waals surface area contributed by atoms with Crippen molar-refractivity contribution in [3.05, 3.63) is 23.9 Å². The molecule has 1 aromatic rings. The molecule has 1 aliphatic rings. The lowest BCUT2D eigenvalue weighted by Crippen LogP contribution is -2.15. The van der Waals surface area contributed by atoms with Crippen LogP contribution >= 0.6 is 12.2 Å². The third-order valence-electron chi connectivity index (χ3n) is 2.84. The zero-order valence-corrected chi connectivity index (χ0v) is 9.55. The van der Waals surface area contributed by atoms with Gasteiger partial charge in [-0.1, -0.05) is 25.6 Å². The van der Waals surface area contributed by atoms with Gasteiger partial charge in [0.15, 0.2) is 0 Å². The maximum atomic E-state index is 5.63. The monoisotopic (exact) mass is 221 g/mol. The van der Waals surface area contributed by atoms with Gasteiger partial charge in [0.25, 0.3) is 0 Å². The number of nitrogens with one attached hydrogen (secondary N) is 1. The average molecular weight is 221 g/mol. The summed E-state index contributed by atoms with van der Waals surface area (Å²) in [6.07, 6.45) is 4.20. The Kier molecular flexibility index (Phi) is 2.86. The van der Waals surface area contributed by atoms with Crippen molar-refractivity contribution < 1.29 is 0 Å². The smallest absolute Gasteiger partial charge is 0.136 e. The van der Waals surface area contributed by atoms with E-state index in [0.717, 1.165) is 17.3 Å². The summed E-state index contributed by atoms with van der Waals surface area (Å²) in [6.45, 7) is 2.21. The predicted octanol–water partition coefficient (Wildman–Crippen LogP) is 1.93. The molecule has 1 aromatic heterocycles. The number of pyridine rings is 1. The molecule has 3 N–H and O–H groups in total. The lowest BCUT2D eigenvalue weighted by atomic mass is 10.2. The molecule has 1 heterocycles. The second-order valence-electron chi connectivity index (χ2n) is 3.92. The van der Waals surface area contributed by atoms with Crippen molar-refractivity contribution in [2.45, 2.75) is 25.8 Å². The van der Waals surface area contributed by atoms with Crippen molar-refractivity contribution in [1.82, 2.24) is 4.98 Å². The van der Waals surface area contributed by atoms with Crippen LogP contribution in [0.15, 0.2) is 18.3 Å². The van der Waals surface area contributed by atoms with Gasteiger partial charge in [-0.2, -0.15) is 0 Å². The Morgan fingerprint density at radius 1 is 1.73 bits per heavy atom. The van der Waals surface area contributed by atoms with E-state index in [1.165, 1.54) is 12.8 Å². The van der Waals surface area contributed by atoms with Crippen molar-refractivity contribution in [1.29, 1.82) is 0 Å². The van der Waals surface area contributed by atoms with Crippen LogP contribution in [0.25, 0.3) is 0 Å². The fourth-order valence-electron chi connectivity index (χ4n) is 1.77. The normalized spacial score (nSPS) is 23.5. The zero-order valence-electron chi connectivity index (χ0n) is 8.73. The predicted molar refractivity (Wildman–Crippen MR) is 65.9 cm³/mol. The maximum absolute atomic E-state index is 5.63. The fourth-order valence-corrected chi connectivity index (χ4v) is 1.94. The number of hydrogen-bond donors (Lipinski definition) is 2. The molecule has 2 unspecified atom stereocenters. The van der Waals surface area contributed by atoms with Gasteiger partial charge in [-0.15, -0.1) is 0 Å². The Hall–Kier alpha value is -1.16. The first-order valence-corrected chi connectivity index (χ1v) is 5.64. The SMILES string of the molecule is CCC1CC1Nc1ncccc1C(N)=S. The molecule has 1 aliphatic carbocycles. The average Bonchev–Trinajstić information content (AvgIpc) is 2.97. The molecule has 2 atom stereocenters. The summed E-state index contributed by atoms with van der Waals surface area (Å²) in [5.74, 6) is 1.61. The summed E-state index contributed by atoms with van der Waals surface area (Å²) in [6, 6.07) is 4.31. The summed E-state index contributed by atoms with van der Waals surface area (Å²) in [5, 5.41) is 3.39. The van der Waals surface area contributed by atoms with Gasteiger partial charge >= 0.3 is 0 Å². The van der Waals surface area contributed by atoms with E-state index < -0.39 is 0 Å². The van der Waals surface area contributed by atoms with Crippen molar-refractivity contribution in [3.8, 4) is 0 Å². The topological polar surface area (TPSA) is 50.9 Å². The molecule has 3 nitrogen and oxygen atoms in total. The van der Waals surface area contributed by atoms with Crippen LogP contribution in [0.3, 0.4) is 0 Å². The van der Waals surface area contributed by atoms with Crippen LogP contribution in [0, 0.1) is 5.92 Å². The molecule has 0 bridgehead atoms. The van der Waals surface area contributed by atoms with Gasteiger partial charge in [-0.25, -0.2) is 4.98 Å². The van der Waals surface area contributed by atoms with Crippen LogP contribution in [-0.4, -0.2) is 16.0 Å². The van der Waals surface area contributed by atoms with Crippen LogP contribution in [0.2, 0.25) is 0 Å². The van der Waals surface area contributed by atoms with E-state index >= 15 is 0 Å². The van der Waals surface area contributed by atoms with Crippen LogP contribution in [-0.2, 0) is 0 Å². The Morgan fingerprint density at radius 2 is 2.53 bits per heavy atom. The highest BCUT2D eigenvalue weighted by molar-refractivity contribution is 7.80. The summed E-state index contributed by atoms with van der Waals surface area (Å²) in [7, 11) is 0. The van der Waals surface area contributed by atoms with Crippen LogP contribution in [0.1, 0.15) is 25.3 Å². The van der Waals surface area contributed by atoms with Crippen molar-refractivity contribution in [3.63, 3.8) is 0 Å². The molecule has 0 saturated heterocycles. The molecule has 15 heavy (non-hydrogen) atoms. The number of hydrogen-bond acceptors (Lipinski definition) is 3. The van der Waals surface area contributed by atoms with Crippen LogP contribution < -0.4 is 11.1 Å². The molecular weight excluding hydrogens is 206 g/mol. The Bertz CT molecular complexity index is 378. The minimum atomic E-state index is 0.402. The first kappa shape index (κ1) is 10.4. The Balaban J connectivity index is 2.11. The van der Waals surface area contributed by atoms with Gasteiger partial charge in [0.2, 0.25) is 0 Å². The van der Waals surface area contributed by atoms with Crippen LogP contribution in [0.4, 0.5) is 5.82 Å². The highest BCUT2D eigenvalue weighted by Gasteiger charge is 2.35. The Morgan fingerprint density at radius 3 is 3.13 bits per heavy atom. The Labute approximate surface area is 95.1 Å². The first-order valence-electron chi connectivity index (χ1n) is 5.23. The largest absolute Gasteiger partial charge is 0.389 e. The number of anilines is 1. The number of nitrogens with zero attached hydrogens (tertiary/aromatic N) is 1. The van der Waals surface area contributed by atoms with Gasteiger partial charge in [0.1, 0.15) is 10.8 Å². The molecule has 2 rings (SSSR count). The fraction of sp³-hybridized carbons (Fsp3) is 0.455. The molecule has 0 amide bonds. The number of nitrogens with two attached hydrogens (primary N) is 1. The molecular formula is C11H15N3S. The van der Waals surface area contributed by atoms with Crippen molar-refractivity contribution in [2.24, 2.45) is 11.7 Å². The minimum absolute atomic E-state index is 0.402. The minimum Gasteiger partial charge on any atom is -0.389 e. The van der Waals surface area contributed by atoms with Gasteiger partial charge in [-0.05, 0) is 24.5 Å². The van der Waals surface area contributed by atoms with E-state index in [9.17, 15) is 0 Å². The second-order valence-corrected chi connectivity index (χ2v) is 4.36. The number of rotatable bonds is 4. The lowest BCUT2D eigenvalue weighted by Gasteiger charge is -2.08. The summed E-state index contributed by atoms with van der Waals surface area (Å²) in [5.41, 5.74) is 6.47. The van der Waals surface area contributed by atoms with Gasteiger partial charge in [-0.3, -0.25) is 0 Å². The molecule has 4 heteroatoms. The molecule has 80 valence electrons. The first-order chi connectivity index (χ1) is 7.22. The van der Waals surface area contributed by atoms with Crippen molar-refractivity contribution >= 4 is 23.0 Å². The third-order valence-corrected chi connectivity index (χ3v) is 3.06. The quantitative estimate of drug-likeness (QED) is 0.763. The highest BCUT2D eigenvalue weighted by Crippen LogP contribution is 2.36. The van der Waals surface area contributed by atoms with E-state index in [-0.39, 0.29) is 0 Å². The van der Waals surface area contributed by atoms with E-state index in [1.807, 2.05) is 12.1 Å². The van der Waals surface area contributed by atoms with E-state index in [1.54, 1.807) is 6.20 Å². The van der Waals surface area contributed by atoms with Gasteiger partial charge in [0.05, 0.1) is 5.56 Å².